The van der Waals surface area contributed by atoms with Gasteiger partial charge in [0.05, 0.1) is 0 Å². The Bertz CT molecular complexity index is 718. The summed E-state index contributed by atoms with van der Waals surface area (Å²) in [6.45, 7) is 3.05. The average Bonchev–Trinajstić information content (AvgIpc) is 2.92. The van der Waals surface area contributed by atoms with Crippen molar-refractivity contribution in [2.75, 3.05) is 0 Å². The van der Waals surface area contributed by atoms with Gasteiger partial charge in [0.1, 0.15) is 0 Å². The third-order valence-electron chi connectivity index (χ3n) is 3.58. The summed E-state index contributed by atoms with van der Waals surface area (Å²) in [5.74, 6) is 0. The number of hydrogen-bond donors (Lipinski definition) is 2. The lowest BCUT2D eigenvalue weighted by Gasteiger charge is -2.14. The summed E-state index contributed by atoms with van der Waals surface area (Å²) in [6, 6.07) is 17.4. The van der Waals surface area contributed by atoms with Crippen molar-refractivity contribution in [1.29, 1.82) is 0 Å². The van der Waals surface area contributed by atoms with Crippen molar-refractivity contribution in [1.82, 2.24) is 10.3 Å². The molecule has 1 atom stereocenters. The molecule has 1 aromatic heterocycles. The third kappa shape index (κ3) is 2.94. The first-order valence-electron chi connectivity index (χ1n) is 6.77. The van der Waals surface area contributed by atoms with Crippen LogP contribution < -0.4 is 5.32 Å². The largest absolute Gasteiger partial charge is 0.361 e. The van der Waals surface area contributed by atoms with Crippen LogP contribution in [0.2, 0.25) is 0 Å². The smallest absolute Gasteiger partial charge is 0.0457 e. The van der Waals surface area contributed by atoms with E-state index in [1.54, 1.807) is 0 Å². The molecule has 0 radical (unpaired) electrons. The van der Waals surface area contributed by atoms with Gasteiger partial charge in [-0.15, -0.1) is 0 Å². The fourth-order valence-corrected chi connectivity index (χ4v) is 2.79. The number of aromatic amines is 1. The van der Waals surface area contributed by atoms with Crippen molar-refractivity contribution in [2.24, 2.45) is 0 Å². The van der Waals surface area contributed by atoms with Crippen LogP contribution in [0.25, 0.3) is 10.9 Å². The summed E-state index contributed by atoms with van der Waals surface area (Å²) in [4.78, 5) is 3.25. The number of H-pyrrole nitrogens is 1. The second-order valence-corrected chi connectivity index (χ2v) is 5.97. The molecule has 2 N–H and O–H groups in total. The predicted molar refractivity (Wildman–Crippen MR) is 87.7 cm³/mol. The van der Waals surface area contributed by atoms with Gasteiger partial charge in [0, 0.05) is 28.8 Å². The monoisotopic (exact) mass is 328 g/mol. The first kappa shape index (κ1) is 13.4. The number of aromatic nitrogens is 1. The molecule has 0 saturated heterocycles. The number of fused-ring (bicyclic) bond motifs is 1. The standard InChI is InChI=1S/C17H17BrN2/c1-12(15-3-2-4-16(18)10-15)20-11-13-5-6-14-7-8-19-17(14)9-13/h2-10,12,19-20H,11H2,1H3. The van der Waals surface area contributed by atoms with E-state index in [4.69, 9.17) is 0 Å². The number of halogens is 1. The Morgan fingerprint density at radius 1 is 1.15 bits per heavy atom. The molecule has 0 fully saturated rings. The molecule has 0 amide bonds. The van der Waals surface area contributed by atoms with Gasteiger partial charge in [-0.2, -0.15) is 0 Å². The lowest BCUT2D eigenvalue weighted by atomic mass is 10.1. The minimum absolute atomic E-state index is 0.326. The van der Waals surface area contributed by atoms with Crippen molar-refractivity contribution in [3.8, 4) is 0 Å². The number of benzene rings is 2. The van der Waals surface area contributed by atoms with E-state index in [9.17, 15) is 0 Å². The Hall–Kier alpha value is -1.58. The molecule has 3 heteroatoms. The molecular formula is C17H17BrN2. The van der Waals surface area contributed by atoms with Gasteiger partial charge in [-0.25, -0.2) is 0 Å². The predicted octanol–water partition coefficient (Wildman–Crippen LogP) is 4.78. The van der Waals surface area contributed by atoms with Gasteiger partial charge < -0.3 is 10.3 Å². The van der Waals surface area contributed by atoms with E-state index in [0.29, 0.717) is 6.04 Å². The molecular weight excluding hydrogens is 312 g/mol. The van der Waals surface area contributed by atoms with Crippen LogP contribution in [-0.4, -0.2) is 4.98 Å². The zero-order valence-corrected chi connectivity index (χ0v) is 12.9. The van der Waals surface area contributed by atoms with E-state index >= 15 is 0 Å². The Labute approximate surface area is 127 Å². The molecule has 0 aliphatic heterocycles. The molecule has 0 aliphatic rings. The van der Waals surface area contributed by atoms with Gasteiger partial charge in [-0.05, 0) is 47.7 Å². The fourth-order valence-electron chi connectivity index (χ4n) is 2.37. The van der Waals surface area contributed by atoms with E-state index in [0.717, 1.165) is 11.0 Å². The van der Waals surface area contributed by atoms with Crippen LogP contribution in [0, 0.1) is 0 Å². The molecule has 2 nitrogen and oxygen atoms in total. The second-order valence-electron chi connectivity index (χ2n) is 5.06. The number of nitrogens with one attached hydrogen (secondary N) is 2. The van der Waals surface area contributed by atoms with Crippen molar-refractivity contribution >= 4 is 26.8 Å². The van der Waals surface area contributed by atoms with Crippen LogP contribution in [0.5, 0.6) is 0 Å². The van der Waals surface area contributed by atoms with Gasteiger partial charge in [0.15, 0.2) is 0 Å². The Morgan fingerprint density at radius 2 is 2.05 bits per heavy atom. The summed E-state index contributed by atoms with van der Waals surface area (Å²) >= 11 is 3.52. The van der Waals surface area contributed by atoms with Gasteiger partial charge in [0.2, 0.25) is 0 Å². The maximum atomic E-state index is 3.56. The lowest BCUT2D eigenvalue weighted by Crippen LogP contribution is -2.18. The van der Waals surface area contributed by atoms with E-state index in [1.807, 2.05) is 6.20 Å². The fraction of sp³-hybridized carbons (Fsp3) is 0.176. The second kappa shape index (κ2) is 5.81. The van der Waals surface area contributed by atoms with Crippen LogP contribution in [0.15, 0.2) is 59.2 Å². The third-order valence-corrected chi connectivity index (χ3v) is 4.07. The Morgan fingerprint density at radius 3 is 2.90 bits per heavy atom. The summed E-state index contributed by atoms with van der Waals surface area (Å²) < 4.78 is 1.12. The van der Waals surface area contributed by atoms with E-state index in [2.05, 4.69) is 81.7 Å². The highest BCUT2D eigenvalue weighted by atomic mass is 79.9. The summed E-state index contributed by atoms with van der Waals surface area (Å²) in [5.41, 5.74) is 3.78. The van der Waals surface area contributed by atoms with Crippen molar-refractivity contribution < 1.29 is 0 Å². The van der Waals surface area contributed by atoms with Crippen LogP contribution in [0.1, 0.15) is 24.1 Å². The summed E-state index contributed by atoms with van der Waals surface area (Å²) in [5, 5.41) is 4.82. The Kier molecular flexibility index (Phi) is 3.90. The van der Waals surface area contributed by atoms with E-state index in [-0.39, 0.29) is 0 Å². The molecule has 0 spiro atoms. The van der Waals surface area contributed by atoms with Gasteiger partial charge in [-0.1, -0.05) is 40.2 Å². The van der Waals surface area contributed by atoms with Crippen LogP contribution in [0.4, 0.5) is 0 Å². The minimum atomic E-state index is 0.326. The van der Waals surface area contributed by atoms with Gasteiger partial charge in [-0.3, -0.25) is 0 Å². The van der Waals surface area contributed by atoms with Crippen molar-refractivity contribution in [3.63, 3.8) is 0 Å². The zero-order valence-electron chi connectivity index (χ0n) is 11.4. The molecule has 0 aliphatic carbocycles. The van der Waals surface area contributed by atoms with Crippen molar-refractivity contribution in [3.05, 3.63) is 70.3 Å². The molecule has 0 bridgehead atoms. The first-order valence-corrected chi connectivity index (χ1v) is 7.56. The summed E-state index contributed by atoms with van der Waals surface area (Å²) in [7, 11) is 0. The van der Waals surface area contributed by atoms with E-state index < -0.39 is 0 Å². The average molecular weight is 329 g/mol. The minimum Gasteiger partial charge on any atom is -0.361 e. The van der Waals surface area contributed by atoms with Gasteiger partial charge in [0.25, 0.3) is 0 Å². The Balaban J connectivity index is 1.69. The molecule has 20 heavy (non-hydrogen) atoms. The number of hydrogen-bond acceptors (Lipinski definition) is 1. The molecule has 1 unspecified atom stereocenters. The molecule has 2 aromatic carbocycles. The summed E-state index contributed by atoms with van der Waals surface area (Å²) in [6.07, 6.45) is 1.98. The molecule has 3 aromatic rings. The first-order chi connectivity index (χ1) is 9.72. The maximum Gasteiger partial charge on any atom is 0.0457 e. The highest BCUT2D eigenvalue weighted by Gasteiger charge is 2.05. The van der Waals surface area contributed by atoms with Crippen LogP contribution in [-0.2, 0) is 6.54 Å². The normalized spacial score (nSPS) is 12.7. The van der Waals surface area contributed by atoms with Gasteiger partial charge >= 0.3 is 0 Å². The van der Waals surface area contributed by atoms with Crippen LogP contribution in [0.3, 0.4) is 0 Å². The SMILES string of the molecule is CC(NCc1ccc2cc[nH]c2c1)c1cccc(Br)c1. The highest BCUT2D eigenvalue weighted by Crippen LogP contribution is 2.19. The molecule has 102 valence electrons. The lowest BCUT2D eigenvalue weighted by molar-refractivity contribution is 0.575. The van der Waals surface area contributed by atoms with Crippen LogP contribution >= 0.6 is 15.9 Å². The zero-order chi connectivity index (χ0) is 13.9. The molecule has 3 rings (SSSR count). The molecule has 0 saturated carbocycles. The molecule has 1 heterocycles. The van der Waals surface area contributed by atoms with E-state index in [1.165, 1.54) is 22.0 Å². The number of rotatable bonds is 4. The van der Waals surface area contributed by atoms with Crippen molar-refractivity contribution in [2.45, 2.75) is 19.5 Å². The maximum absolute atomic E-state index is 3.56. The topological polar surface area (TPSA) is 27.8 Å². The quantitative estimate of drug-likeness (QED) is 0.708. The highest BCUT2D eigenvalue weighted by molar-refractivity contribution is 9.10.